The predicted molar refractivity (Wildman–Crippen MR) is 134 cm³/mol. The van der Waals surface area contributed by atoms with Crippen molar-refractivity contribution in [1.29, 1.82) is 0 Å². The third kappa shape index (κ3) is 5.13. The maximum Gasteiger partial charge on any atom is 0.343 e. The number of carbonyl (C=O) groups is 4. The summed E-state index contributed by atoms with van der Waals surface area (Å²) in [4.78, 5) is 51.6. The van der Waals surface area contributed by atoms with Gasteiger partial charge in [0.1, 0.15) is 5.57 Å². The highest BCUT2D eigenvalue weighted by Crippen LogP contribution is 2.31. The molecule has 4 amide bonds. The second kappa shape index (κ2) is 10.5. The highest BCUT2D eigenvalue weighted by Gasteiger charge is 2.37. The first-order valence-corrected chi connectivity index (χ1v) is 11.4. The number of anilines is 1. The largest absolute Gasteiger partial charge is 0.490 e. The van der Waals surface area contributed by atoms with Gasteiger partial charge in [0.15, 0.2) is 11.5 Å². The van der Waals surface area contributed by atoms with Gasteiger partial charge in [-0.2, -0.15) is 0 Å². The van der Waals surface area contributed by atoms with E-state index in [9.17, 15) is 19.2 Å². The van der Waals surface area contributed by atoms with E-state index in [1.165, 1.54) is 18.2 Å². The zero-order valence-corrected chi connectivity index (χ0v) is 20.2. The number of esters is 1. The third-order valence-electron chi connectivity index (χ3n) is 5.32. The molecule has 1 N–H and O–H groups in total. The van der Waals surface area contributed by atoms with Crippen molar-refractivity contribution in [3.05, 3.63) is 94.0 Å². The van der Waals surface area contributed by atoms with Crippen LogP contribution in [0.2, 0.25) is 5.02 Å². The summed E-state index contributed by atoms with van der Waals surface area (Å²) in [6.45, 7) is 3.80. The lowest BCUT2D eigenvalue weighted by Crippen LogP contribution is -2.54. The van der Waals surface area contributed by atoms with Crippen LogP contribution >= 0.6 is 11.6 Å². The number of nitrogens with zero attached hydrogens (tertiary/aromatic N) is 1. The molecule has 0 spiro atoms. The van der Waals surface area contributed by atoms with Crippen LogP contribution in [-0.4, -0.2) is 30.4 Å². The first kappa shape index (κ1) is 24.7. The van der Waals surface area contributed by atoms with Crippen molar-refractivity contribution < 1.29 is 28.7 Å². The second-order valence-electron chi connectivity index (χ2n) is 7.78. The van der Waals surface area contributed by atoms with Crippen LogP contribution in [0, 0.1) is 6.92 Å². The van der Waals surface area contributed by atoms with Gasteiger partial charge in [-0.05, 0) is 73.5 Å². The van der Waals surface area contributed by atoms with E-state index in [1.807, 2.05) is 0 Å². The Kier molecular flexibility index (Phi) is 7.17. The van der Waals surface area contributed by atoms with Crippen molar-refractivity contribution in [2.24, 2.45) is 0 Å². The minimum Gasteiger partial charge on any atom is -0.490 e. The number of hydrogen-bond donors (Lipinski definition) is 1. The zero-order valence-electron chi connectivity index (χ0n) is 19.4. The van der Waals surface area contributed by atoms with Crippen LogP contribution in [0.15, 0.2) is 72.3 Å². The first-order chi connectivity index (χ1) is 17.3. The van der Waals surface area contributed by atoms with Gasteiger partial charge in [-0.3, -0.25) is 14.9 Å². The molecule has 3 aromatic rings. The molecule has 8 nitrogen and oxygen atoms in total. The van der Waals surface area contributed by atoms with E-state index < -0.39 is 23.8 Å². The minimum atomic E-state index is -0.823. The Bertz CT molecular complexity index is 1400. The lowest BCUT2D eigenvalue weighted by atomic mass is 10.1. The fourth-order valence-electron chi connectivity index (χ4n) is 3.57. The number of ether oxygens (including phenoxy) is 2. The Morgan fingerprint density at radius 1 is 1.00 bits per heavy atom. The lowest BCUT2D eigenvalue weighted by molar-refractivity contribution is -0.122. The molecule has 3 aromatic carbocycles. The van der Waals surface area contributed by atoms with Gasteiger partial charge in [-0.25, -0.2) is 14.5 Å². The van der Waals surface area contributed by atoms with Gasteiger partial charge in [-0.1, -0.05) is 35.9 Å². The monoisotopic (exact) mass is 504 g/mol. The van der Waals surface area contributed by atoms with Crippen LogP contribution in [0.4, 0.5) is 10.5 Å². The topological polar surface area (TPSA) is 102 Å². The summed E-state index contributed by atoms with van der Waals surface area (Å²) < 4.78 is 11.1. The second-order valence-corrected chi connectivity index (χ2v) is 8.22. The molecule has 1 fully saturated rings. The molecular weight excluding hydrogens is 484 g/mol. The molecule has 0 aliphatic carbocycles. The van der Waals surface area contributed by atoms with Crippen LogP contribution in [0.3, 0.4) is 0 Å². The Balaban J connectivity index is 1.65. The van der Waals surface area contributed by atoms with Gasteiger partial charge in [0, 0.05) is 5.02 Å². The summed E-state index contributed by atoms with van der Waals surface area (Å²) >= 11 is 5.87. The molecule has 0 unspecified atom stereocenters. The predicted octanol–water partition coefficient (Wildman–Crippen LogP) is 4.93. The van der Waals surface area contributed by atoms with Gasteiger partial charge in [-0.15, -0.1) is 0 Å². The molecule has 9 heteroatoms. The van der Waals surface area contributed by atoms with Gasteiger partial charge >= 0.3 is 12.0 Å². The lowest BCUT2D eigenvalue weighted by Gasteiger charge is -2.27. The van der Waals surface area contributed by atoms with E-state index in [0.717, 1.165) is 4.90 Å². The molecule has 0 saturated carbocycles. The fraction of sp³-hybridized carbons (Fsp3) is 0.111. The molecule has 1 heterocycles. The van der Waals surface area contributed by atoms with Crippen LogP contribution < -0.4 is 19.7 Å². The molecule has 0 bridgehead atoms. The standard InChI is InChI=1S/C27H21ClN2O6/c1-3-35-23-15-17(8-13-22(23)36-26(33)18-9-11-19(28)12-10-18)14-20-24(31)29-27(34)30(25(20)32)21-7-5-4-6-16(21)2/h4-15H,3H2,1-2H3,(H,29,31,34)/b20-14+. The van der Waals surface area contributed by atoms with Crippen molar-refractivity contribution in [2.45, 2.75) is 13.8 Å². The van der Waals surface area contributed by atoms with Crippen molar-refractivity contribution in [3.8, 4) is 11.5 Å². The number of aryl methyl sites for hydroxylation is 1. The Morgan fingerprint density at radius 2 is 1.72 bits per heavy atom. The Hall–Kier alpha value is -4.43. The summed E-state index contributed by atoms with van der Waals surface area (Å²) in [7, 11) is 0. The molecule has 0 radical (unpaired) electrons. The number of hydrogen-bond acceptors (Lipinski definition) is 6. The number of amides is 4. The van der Waals surface area contributed by atoms with E-state index in [4.69, 9.17) is 21.1 Å². The highest BCUT2D eigenvalue weighted by atomic mass is 35.5. The van der Waals surface area contributed by atoms with Crippen LogP contribution in [-0.2, 0) is 9.59 Å². The molecule has 182 valence electrons. The van der Waals surface area contributed by atoms with Crippen LogP contribution in [0.1, 0.15) is 28.4 Å². The van der Waals surface area contributed by atoms with E-state index >= 15 is 0 Å². The van der Waals surface area contributed by atoms with Crippen LogP contribution in [0.5, 0.6) is 11.5 Å². The van der Waals surface area contributed by atoms with Crippen molar-refractivity contribution in [1.82, 2.24) is 5.32 Å². The van der Waals surface area contributed by atoms with Crippen LogP contribution in [0.25, 0.3) is 6.08 Å². The SMILES string of the molecule is CCOc1cc(/C=C2\C(=O)NC(=O)N(c3ccccc3C)C2=O)ccc1OC(=O)c1ccc(Cl)cc1. The number of barbiturate groups is 1. The summed E-state index contributed by atoms with van der Waals surface area (Å²) in [6, 6.07) is 16.9. The average Bonchev–Trinajstić information content (AvgIpc) is 2.85. The van der Waals surface area contributed by atoms with E-state index in [2.05, 4.69) is 5.32 Å². The van der Waals surface area contributed by atoms with Crippen molar-refractivity contribution in [3.63, 3.8) is 0 Å². The Labute approximate surface area is 212 Å². The summed E-state index contributed by atoms with van der Waals surface area (Å²) in [5.41, 5.74) is 1.57. The molecule has 1 aliphatic heterocycles. The Morgan fingerprint density at radius 3 is 2.42 bits per heavy atom. The smallest absolute Gasteiger partial charge is 0.343 e. The molecule has 0 aromatic heterocycles. The van der Waals surface area contributed by atoms with Crippen molar-refractivity contribution in [2.75, 3.05) is 11.5 Å². The molecule has 1 aliphatic rings. The van der Waals surface area contributed by atoms with Gasteiger partial charge in [0.05, 0.1) is 17.9 Å². The first-order valence-electron chi connectivity index (χ1n) is 11.0. The third-order valence-corrected chi connectivity index (χ3v) is 5.57. The normalized spacial score (nSPS) is 14.6. The van der Waals surface area contributed by atoms with Gasteiger partial charge in [0.2, 0.25) is 0 Å². The number of rotatable bonds is 6. The maximum absolute atomic E-state index is 13.2. The number of urea groups is 1. The minimum absolute atomic E-state index is 0.162. The number of benzene rings is 3. The summed E-state index contributed by atoms with van der Waals surface area (Å²) in [6.07, 6.45) is 1.35. The number of nitrogens with one attached hydrogen (secondary N) is 1. The number of halogens is 1. The summed E-state index contributed by atoms with van der Waals surface area (Å²) in [5, 5.41) is 2.69. The molecule has 1 saturated heterocycles. The zero-order chi connectivity index (χ0) is 25.8. The fourth-order valence-corrected chi connectivity index (χ4v) is 3.70. The molecule has 4 rings (SSSR count). The average molecular weight is 505 g/mol. The van der Waals surface area contributed by atoms with E-state index in [-0.39, 0.29) is 23.7 Å². The molecular formula is C27H21ClN2O6. The number of imide groups is 2. The van der Waals surface area contributed by atoms with Crippen molar-refractivity contribution >= 4 is 47.2 Å². The number of para-hydroxylation sites is 1. The number of carbonyl (C=O) groups excluding carboxylic acids is 4. The molecule has 0 atom stereocenters. The maximum atomic E-state index is 13.2. The van der Waals surface area contributed by atoms with E-state index in [0.29, 0.717) is 27.4 Å². The van der Waals surface area contributed by atoms with Gasteiger partial charge < -0.3 is 9.47 Å². The quantitative estimate of drug-likeness (QED) is 0.221. The van der Waals surface area contributed by atoms with Gasteiger partial charge in [0.25, 0.3) is 11.8 Å². The van der Waals surface area contributed by atoms with E-state index in [1.54, 1.807) is 68.4 Å². The molecule has 36 heavy (non-hydrogen) atoms. The summed E-state index contributed by atoms with van der Waals surface area (Å²) in [5.74, 6) is -1.77. The highest BCUT2D eigenvalue weighted by molar-refractivity contribution is 6.39.